The fraction of sp³-hybridized carbons (Fsp3) is 0.571. The number of benzene rings is 1. The highest BCUT2D eigenvalue weighted by molar-refractivity contribution is 5.13. The molecule has 0 aliphatic carbocycles. The van der Waals surface area contributed by atoms with Gasteiger partial charge in [0.05, 0.1) is 6.61 Å². The Hall–Kier alpha value is -0.860. The first kappa shape index (κ1) is 13.2. The molecule has 2 N–H and O–H groups in total. The van der Waals surface area contributed by atoms with E-state index in [0.717, 1.165) is 25.7 Å². The van der Waals surface area contributed by atoms with Crippen molar-refractivity contribution < 1.29 is 4.74 Å². The molecule has 0 amide bonds. The molecule has 1 aromatic rings. The van der Waals surface area contributed by atoms with Crippen molar-refractivity contribution in [2.24, 2.45) is 5.73 Å². The molecule has 0 spiro atoms. The van der Waals surface area contributed by atoms with E-state index in [4.69, 9.17) is 10.5 Å². The number of nitrogens with two attached hydrogens (primary N) is 1. The summed E-state index contributed by atoms with van der Waals surface area (Å²) in [6, 6.07) is 10.2. The summed E-state index contributed by atoms with van der Waals surface area (Å²) in [5.41, 5.74) is 6.98. The monoisotopic (exact) mass is 221 g/mol. The van der Waals surface area contributed by atoms with Crippen LogP contribution in [0.4, 0.5) is 0 Å². The van der Waals surface area contributed by atoms with Gasteiger partial charge < -0.3 is 10.5 Å². The van der Waals surface area contributed by atoms with Gasteiger partial charge in [0.25, 0.3) is 0 Å². The SMILES string of the molecule is CCCC(N)(CCC)OCc1ccccc1. The second kappa shape index (κ2) is 6.66. The maximum atomic E-state index is 6.24. The van der Waals surface area contributed by atoms with Crippen LogP contribution in [0.25, 0.3) is 0 Å². The van der Waals surface area contributed by atoms with Gasteiger partial charge in [-0.3, -0.25) is 0 Å². The molecule has 0 unspecified atom stereocenters. The lowest BCUT2D eigenvalue weighted by atomic mass is 10.0. The van der Waals surface area contributed by atoms with Crippen LogP contribution in [0.2, 0.25) is 0 Å². The van der Waals surface area contributed by atoms with Crippen molar-refractivity contribution in [2.75, 3.05) is 0 Å². The fourth-order valence-electron chi connectivity index (χ4n) is 1.92. The van der Waals surface area contributed by atoms with Crippen LogP contribution >= 0.6 is 0 Å². The second-order valence-corrected chi connectivity index (χ2v) is 4.34. The summed E-state index contributed by atoms with van der Waals surface area (Å²) in [5, 5.41) is 0. The van der Waals surface area contributed by atoms with Gasteiger partial charge >= 0.3 is 0 Å². The van der Waals surface area contributed by atoms with E-state index in [1.54, 1.807) is 0 Å². The molecule has 90 valence electrons. The van der Waals surface area contributed by atoms with E-state index in [0.29, 0.717) is 6.61 Å². The zero-order valence-corrected chi connectivity index (χ0v) is 10.4. The lowest BCUT2D eigenvalue weighted by molar-refractivity contribution is -0.0650. The highest BCUT2D eigenvalue weighted by Crippen LogP contribution is 2.20. The fourth-order valence-corrected chi connectivity index (χ4v) is 1.92. The second-order valence-electron chi connectivity index (χ2n) is 4.34. The first-order valence-electron chi connectivity index (χ1n) is 6.17. The predicted octanol–water partition coefficient (Wildman–Crippen LogP) is 3.46. The smallest absolute Gasteiger partial charge is 0.117 e. The van der Waals surface area contributed by atoms with Crippen molar-refractivity contribution in [3.8, 4) is 0 Å². The molecular weight excluding hydrogens is 198 g/mol. The standard InChI is InChI=1S/C14H23NO/c1-3-10-14(15,11-4-2)16-12-13-8-6-5-7-9-13/h5-9H,3-4,10-12,15H2,1-2H3. The summed E-state index contributed by atoms with van der Waals surface area (Å²) in [4.78, 5) is 0. The topological polar surface area (TPSA) is 35.2 Å². The highest BCUT2D eigenvalue weighted by Gasteiger charge is 2.23. The highest BCUT2D eigenvalue weighted by atomic mass is 16.5. The Labute approximate surface area is 98.8 Å². The minimum absolute atomic E-state index is 0.445. The molecule has 0 aliphatic rings. The van der Waals surface area contributed by atoms with E-state index < -0.39 is 5.72 Å². The molecule has 1 rings (SSSR count). The summed E-state index contributed by atoms with van der Waals surface area (Å²) in [5.74, 6) is 0. The van der Waals surface area contributed by atoms with E-state index in [1.807, 2.05) is 18.2 Å². The zero-order valence-electron chi connectivity index (χ0n) is 10.4. The van der Waals surface area contributed by atoms with Gasteiger partial charge in [-0.1, -0.05) is 57.0 Å². The molecule has 2 nitrogen and oxygen atoms in total. The minimum atomic E-state index is -0.445. The van der Waals surface area contributed by atoms with Gasteiger partial charge in [0.2, 0.25) is 0 Å². The molecule has 2 heteroatoms. The third kappa shape index (κ3) is 4.33. The Morgan fingerprint density at radius 1 is 1.06 bits per heavy atom. The van der Waals surface area contributed by atoms with Crippen LogP contribution in [0.3, 0.4) is 0 Å². The molecule has 0 aromatic heterocycles. The minimum Gasteiger partial charge on any atom is -0.356 e. The average molecular weight is 221 g/mol. The molecule has 0 radical (unpaired) electrons. The summed E-state index contributed by atoms with van der Waals surface area (Å²) < 4.78 is 5.87. The van der Waals surface area contributed by atoms with Gasteiger partial charge in [0.1, 0.15) is 5.72 Å². The number of hydrogen-bond acceptors (Lipinski definition) is 2. The zero-order chi connectivity index (χ0) is 11.9. The van der Waals surface area contributed by atoms with Gasteiger partial charge in [0, 0.05) is 0 Å². The molecule has 0 aliphatic heterocycles. The van der Waals surface area contributed by atoms with Crippen molar-refractivity contribution in [1.82, 2.24) is 0 Å². The Balaban J connectivity index is 2.49. The molecule has 0 bridgehead atoms. The first-order valence-corrected chi connectivity index (χ1v) is 6.17. The van der Waals surface area contributed by atoms with Crippen LogP contribution in [0, 0.1) is 0 Å². The lowest BCUT2D eigenvalue weighted by Gasteiger charge is -2.29. The van der Waals surface area contributed by atoms with Gasteiger partial charge in [-0.05, 0) is 18.4 Å². The molecule has 0 fully saturated rings. The van der Waals surface area contributed by atoms with E-state index in [-0.39, 0.29) is 0 Å². The Kier molecular flexibility index (Phi) is 5.50. The largest absolute Gasteiger partial charge is 0.356 e. The number of rotatable bonds is 7. The maximum Gasteiger partial charge on any atom is 0.117 e. The third-order valence-electron chi connectivity index (χ3n) is 2.72. The van der Waals surface area contributed by atoms with E-state index in [1.165, 1.54) is 5.56 Å². The van der Waals surface area contributed by atoms with Crippen LogP contribution in [-0.2, 0) is 11.3 Å². The Morgan fingerprint density at radius 2 is 1.62 bits per heavy atom. The van der Waals surface area contributed by atoms with Crippen molar-refractivity contribution in [3.63, 3.8) is 0 Å². The van der Waals surface area contributed by atoms with Crippen LogP contribution in [0.1, 0.15) is 45.1 Å². The molecule has 16 heavy (non-hydrogen) atoms. The predicted molar refractivity (Wildman–Crippen MR) is 68.0 cm³/mol. The van der Waals surface area contributed by atoms with Crippen molar-refractivity contribution in [3.05, 3.63) is 35.9 Å². The van der Waals surface area contributed by atoms with Crippen LogP contribution in [0.5, 0.6) is 0 Å². The quantitative estimate of drug-likeness (QED) is 0.716. The van der Waals surface area contributed by atoms with Crippen LogP contribution in [0.15, 0.2) is 30.3 Å². The average Bonchev–Trinajstić information content (AvgIpc) is 2.29. The van der Waals surface area contributed by atoms with E-state index >= 15 is 0 Å². The van der Waals surface area contributed by atoms with Crippen molar-refractivity contribution >= 4 is 0 Å². The van der Waals surface area contributed by atoms with E-state index in [9.17, 15) is 0 Å². The van der Waals surface area contributed by atoms with Gasteiger partial charge in [-0.15, -0.1) is 0 Å². The van der Waals surface area contributed by atoms with Crippen LogP contribution in [-0.4, -0.2) is 5.72 Å². The molecule has 0 saturated heterocycles. The van der Waals surface area contributed by atoms with E-state index in [2.05, 4.69) is 26.0 Å². The lowest BCUT2D eigenvalue weighted by Crippen LogP contribution is -2.42. The van der Waals surface area contributed by atoms with Crippen molar-refractivity contribution in [1.29, 1.82) is 0 Å². The molecular formula is C14H23NO. The Morgan fingerprint density at radius 3 is 2.12 bits per heavy atom. The van der Waals surface area contributed by atoms with Crippen molar-refractivity contribution in [2.45, 2.75) is 51.9 Å². The molecule has 0 saturated carbocycles. The number of hydrogen-bond donors (Lipinski definition) is 1. The first-order chi connectivity index (χ1) is 7.70. The third-order valence-corrected chi connectivity index (χ3v) is 2.72. The van der Waals surface area contributed by atoms with Gasteiger partial charge in [-0.2, -0.15) is 0 Å². The summed E-state index contributed by atoms with van der Waals surface area (Å²) >= 11 is 0. The summed E-state index contributed by atoms with van der Waals surface area (Å²) in [6.45, 7) is 4.89. The molecule has 1 aromatic carbocycles. The Bertz CT molecular complexity index is 278. The molecule has 0 heterocycles. The maximum absolute atomic E-state index is 6.24. The molecule has 0 atom stereocenters. The van der Waals surface area contributed by atoms with Gasteiger partial charge in [0.15, 0.2) is 0 Å². The number of ether oxygens (including phenoxy) is 1. The summed E-state index contributed by atoms with van der Waals surface area (Å²) in [7, 11) is 0. The van der Waals surface area contributed by atoms with Gasteiger partial charge in [-0.25, -0.2) is 0 Å². The normalized spacial score (nSPS) is 11.7. The van der Waals surface area contributed by atoms with Crippen LogP contribution < -0.4 is 5.73 Å². The summed E-state index contributed by atoms with van der Waals surface area (Å²) in [6.07, 6.45) is 3.97.